The molecule has 33 heavy (non-hydrogen) atoms. The van der Waals surface area contributed by atoms with E-state index in [1.165, 1.54) is 25.3 Å². The van der Waals surface area contributed by atoms with Crippen LogP contribution < -0.4 is 14.8 Å². The van der Waals surface area contributed by atoms with E-state index in [0.717, 1.165) is 5.56 Å². The van der Waals surface area contributed by atoms with Gasteiger partial charge in [-0.2, -0.15) is 4.72 Å². The first-order valence-corrected chi connectivity index (χ1v) is 12.4. The van der Waals surface area contributed by atoms with Crippen molar-refractivity contribution in [3.63, 3.8) is 0 Å². The Bertz CT molecular complexity index is 1240. The molecule has 0 heterocycles. The van der Waals surface area contributed by atoms with Crippen molar-refractivity contribution in [3.8, 4) is 5.75 Å². The summed E-state index contributed by atoms with van der Waals surface area (Å²) in [5.74, 6) is -0.409. The van der Waals surface area contributed by atoms with Gasteiger partial charge in [0.2, 0.25) is 15.9 Å². The van der Waals surface area contributed by atoms with Gasteiger partial charge in [0, 0.05) is 21.6 Å². The summed E-state index contributed by atoms with van der Waals surface area (Å²) < 4.78 is 34.0. The van der Waals surface area contributed by atoms with E-state index in [1.54, 1.807) is 18.2 Å². The van der Waals surface area contributed by atoms with Gasteiger partial charge in [0.1, 0.15) is 16.7 Å². The average molecular weight is 528 g/mol. The van der Waals surface area contributed by atoms with Gasteiger partial charge in [-0.25, -0.2) is 8.42 Å². The molecule has 0 aliphatic heterocycles. The van der Waals surface area contributed by atoms with Gasteiger partial charge in [0.15, 0.2) is 0 Å². The van der Waals surface area contributed by atoms with Crippen LogP contribution in [0.15, 0.2) is 71.6 Å². The number of hydrogen-bond donors (Lipinski definition) is 2. The molecule has 10 heteroatoms. The van der Waals surface area contributed by atoms with E-state index in [0.29, 0.717) is 15.6 Å². The number of benzene rings is 3. The van der Waals surface area contributed by atoms with Gasteiger partial charge in [-0.1, -0.05) is 71.2 Å². The van der Waals surface area contributed by atoms with E-state index < -0.39 is 22.0 Å². The summed E-state index contributed by atoms with van der Waals surface area (Å²) in [4.78, 5) is 12.9. The first-order valence-electron chi connectivity index (χ1n) is 9.81. The smallest absolute Gasteiger partial charge is 0.245 e. The van der Waals surface area contributed by atoms with Crippen molar-refractivity contribution in [1.82, 2.24) is 10.0 Å². The Kier molecular flexibility index (Phi) is 8.62. The maximum Gasteiger partial charge on any atom is 0.245 e. The molecule has 0 bridgehead atoms. The Balaban J connectivity index is 1.86. The third-order valence-corrected chi connectivity index (χ3v) is 7.09. The zero-order valence-corrected chi connectivity index (χ0v) is 20.6. The van der Waals surface area contributed by atoms with Crippen LogP contribution in [0.1, 0.15) is 11.1 Å². The molecule has 3 aromatic carbocycles. The van der Waals surface area contributed by atoms with Crippen molar-refractivity contribution in [2.45, 2.75) is 23.9 Å². The van der Waals surface area contributed by atoms with E-state index in [-0.39, 0.29) is 28.6 Å². The molecule has 0 saturated carbocycles. The summed E-state index contributed by atoms with van der Waals surface area (Å²) in [5, 5.41) is 3.83. The molecule has 3 rings (SSSR count). The fourth-order valence-electron chi connectivity index (χ4n) is 3.12. The number of sulfonamides is 1. The van der Waals surface area contributed by atoms with Crippen LogP contribution in [-0.2, 0) is 27.8 Å². The molecule has 2 N–H and O–H groups in total. The van der Waals surface area contributed by atoms with Crippen molar-refractivity contribution >= 4 is 50.7 Å². The summed E-state index contributed by atoms with van der Waals surface area (Å²) in [6, 6.07) is 17.1. The number of ether oxygens (including phenoxy) is 1. The van der Waals surface area contributed by atoms with Gasteiger partial charge >= 0.3 is 0 Å². The zero-order chi connectivity index (χ0) is 24.0. The predicted octanol–water partition coefficient (Wildman–Crippen LogP) is 4.86. The molecule has 0 aliphatic rings. The Morgan fingerprint density at radius 1 is 0.970 bits per heavy atom. The molecule has 6 nitrogen and oxygen atoms in total. The highest BCUT2D eigenvalue weighted by molar-refractivity contribution is 7.89. The summed E-state index contributed by atoms with van der Waals surface area (Å²) in [7, 11) is -2.80. The number of carbonyl (C=O) groups excluding carboxylic acids is 1. The van der Waals surface area contributed by atoms with Crippen LogP contribution in [0, 0.1) is 0 Å². The number of carbonyl (C=O) groups is 1. The molecule has 1 atom stereocenters. The molecule has 0 spiro atoms. The molecule has 0 aliphatic carbocycles. The molecule has 1 amide bonds. The fraction of sp³-hybridized carbons (Fsp3) is 0.174. The third-order valence-electron chi connectivity index (χ3n) is 4.78. The first-order chi connectivity index (χ1) is 15.7. The van der Waals surface area contributed by atoms with Crippen molar-refractivity contribution in [1.29, 1.82) is 0 Å². The third kappa shape index (κ3) is 6.85. The highest BCUT2D eigenvalue weighted by Gasteiger charge is 2.28. The molecule has 174 valence electrons. The molecule has 1 unspecified atom stereocenters. The monoisotopic (exact) mass is 526 g/mol. The van der Waals surface area contributed by atoms with E-state index in [4.69, 9.17) is 39.5 Å². The summed E-state index contributed by atoms with van der Waals surface area (Å²) >= 11 is 18.1. The lowest BCUT2D eigenvalue weighted by Gasteiger charge is -2.20. The quantitative estimate of drug-likeness (QED) is 0.416. The largest absolute Gasteiger partial charge is 0.495 e. The van der Waals surface area contributed by atoms with E-state index in [1.807, 2.05) is 30.3 Å². The van der Waals surface area contributed by atoms with Gasteiger partial charge in [-0.15, -0.1) is 0 Å². The van der Waals surface area contributed by atoms with Gasteiger partial charge in [0.25, 0.3) is 0 Å². The minimum atomic E-state index is -4.15. The van der Waals surface area contributed by atoms with Crippen LogP contribution in [0.2, 0.25) is 15.1 Å². The highest BCUT2D eigenvalue weighted by atomic mass is 35.5. The van der Waals surface area contributed by atoms with Crippen molar-refractivity contribution in [2.24, 2.45) is 0 Å². The Morgan fingerprint density at radius 3 is 2.30 bits per heavy atom. The second-order valence-electron chi connectivity index (χ2n) is 7.11. The minimum absolute atomic E-state index is 0.0995. The molecular weight excluding hydrogens is 507 g/mol. The Morgan fingerprint density at radius 2 is 1.64 bits per heavy atom. The standard InChI is InChI=1S/C23H21Cl3N2O4S/c1-32-21-10-9-18(25)13-22(21)33(30,31)28-20(11-15-5-3-2-4-6-15)23(29)27-14-16-7-8-17(24)12-19(16)26/h2-10,12-13,20,28H,11,14H2,1H3,(H,27,29). The van der Waals surface area contributed by atoms with Crippen molar-refractivity contribution in [3.05, 3.63) is 92.9 Å². The number of methoxy groups -OCH3 is 1. The molecule has 0 saturated heterocycles. The van der Waals surface area contributed by atoms with E-state index >= 15 is 0 Å². The lowest BCUT2D eigenvalue weighted by molar-refractivity contribution is -0.122. The van der Waals surface area contributed by atoms with Crippen LogP contribution >= 0.6 is 34.8 Å². The Labute approximate surface area is 207 Å². The van der Waals surface area contributed by atoms with Gasteiger partial charge in [0.05, 0.1) is 7.11 Å². The van der Waals surface area contributed by atoms with Gasteiger partial charge in [-0.3, -0.25) is 4.79 Å². The maximum absolute atomic E-state index is 13.2. The highest BCUT2D eigenvalue weighted by Crippen LogP contribution is 2.27. The topological polar surface area (TPSA) is 84.5 Å². The van der Waals surface area contributed by atoms with Gasteiger partial charge < -0.3 is 10.1 Å². The van der Waals surface area contributed by atoms with Crippen LogP contribution in [-0.4, -0.2) is 27.5 Å². The maximum atomic E-state index is 13.2. The van der Waals surface area contributed by atoms with E-state index in [2.05, 4.69) is 10.0 Å². The average Bonchev–Trinajstić information content (AvgIpc) is 2.78. The zero-order valence-electron chi connectivity index (χ0n) is 17.5. The number of amides is 1. The summed E-state index contributed by atoms with van der Waals surface area (Å²) in [6.45, 7) is 0.0995. The lowest BCUT2D eigenvalue weighted by Crippen LogP contribution is -2.47. The summed E-state index contributed by atoms with van der Waals surface area (Å²) in [5.41, 5.74) is 1.43. The van der Waals surface area contributed by atoms with Gasteiger partial charge in [-0.05, 0) is 47.9 Å². The van der Waals surface area contributed by atoms with E-state index in [9.17, 15) is 13.2 Å². The second-order valence-corrected chi connectivity index (χ2v) is 10.1. The first kappa shape index (κ1) is 25.3. The number of halogens is 3. The van der Waals surface area contributed by atoms with Crippen LogP contribution in [0.25, 0.3) is 0 Å². The number of nitrogens with one attached hydrogen (secondary N) is 2. The number of rotatable bonds is 9. The molecule has 0 aromatic heterocycles. The van der Waals surface area contributed by atoms with Crippen molar-refractivity contribution in [2.75, 3.05) is 7.11 Å². The minimum Gasteiger partial charge on any atom is -0.495 e. The number of hydrogen-bond acceptors (Lipinski definition) is 4. The summed E-state index contributed by atoms with van der Waals surface area (Å²) in [6.07, 6.45) is 0.128. The predicted molar refractivity (Wildman–Crippen MR) is 131 cm³/mol. The fourth-order valence-corrected chi connectivity index (χ4v) is 5.22. The SMILES string of the molecule is COc1ccc(Cl)cc1S(=O)(=O)NC(Cc1ccccc1)C(=O)NCc1ccc(Cl)cc1Cl. The van der Waals surface area contributed by atoms with Crippen molar-refractivity contribution < 1.29 is 17.9 Å². The van der Waals surface area contributed by atoms with Crippen LogP contribution in [0.5, 0.6) is 5.75 Å². The molecule has 3 aromatic rings. The normalized spacial score (nSPS) is 12.2. The lowest BCUT2D eigenvalue weighted by atomic mass is 10.1. The van der Waals surface area contributed by atoms with Crippen LogP contribution in [0.3, 0.4) is 0 Å². The molecular formula is C23H21Cl3N2O4S. The Hall–Kier alpha value is -2.29. The molecule has 0 radical (unpaired) electrons. The second kappa shape index (κ2) is 11.2. The van der Waals surface area contributed by atoms with Crippen LogP contribution in [0.4, 0.5) is 0 Å². The molecule has 0 fully saturated rings.